The minimum absolute atomic E-state index is 0. The van der Waals surface area contributed by atoms with Gasteiger partial charge in [-0.05, 0) is 0 Å². The van der Waals surface area contributed by atoms with Crippen LogP contribution in [0, 0.1) is 0 Å². The van der Waals surface area contributed by atoms with Gasteiger partial charge in [-0.2, -0.15) is 0 Å². The van der Waals surface area contributed by atoms with Crippen molar-refractivity contribution in [1.82, 2.24) is 0 Å². The van der Waals surface area contributed by atoms with Gasteiger partial charge in [0.05, 0.1) is 7.82 Å². The number of phosphoric acid groups is 1. The Morgan fingerprint density at radius 1 is 1.57 bits per heavy atom. The van der Waals surface area contributed by atoms with E-state index >= 15 is 0 Å². The second-order valence-electron chi connectivity index (χ2n) is 0.630. The van der Waals surface area contributed by atoms with Crippen LogP contribution in [0.4, 0.5) is 0 Å². The van der Waals surface area contributed by atoms with Gasteiger partial charge >= 0.3 is 17.1 Å². The molecule has 0 aromatic carbocycles. The van der Waals surface area contributed by atoms with Gasteiger partial charge in [0.2, 0.25) is 0 Å². The average Bonchev–Trinajstić information content (AvgIpc) is 1.35. The molecule has 0 aliphatic rings. The Labute approximate surface area is 51.6 Å². The third kappa shape index (κ3) is 10.8. The van der Waals surface area contributed by atoms with E-state index in [-0.39, 0.29) is 17.1 Å². The maximum atomic E-state index is 9.25. The Hall–Kier alpha value is 0.629. The van der Waals surface area contributed by atoms with E-state index in [2.05, 4.69) is 4.52 Å². The van der Waals surface area contributed by atoms with Crippen LogP contribution in [0.1, 0.15) is 0 Å². The normalized spacial score (nSPS) is 10.1. The molecule has 0 N–H and O–H groups in total. The zero-order valence-electron chi connectivity index (χ0n) is 3.46. The maximum Gasteiger partial charge on any atom is 2.00 e. The zero-order chi connectivity index (χ0) is 5.21. The van der Waals surface area contributed by atoms with Crippen LogP contribution in [-0.4, -0.2) is 7.11 Å². The molecule has 4 nitrogen and oxygen atoms in total. The van der Waals surface area contributed by atoms with Crippen molar-refractivity contribution in [1.29, 1.82) is 0 Å². The third-order valence-corrected chi connectivity index (χ3v) is 0.671. The molecule has 0 aromatic heterocycles. The summed E-state index contributed by atoms with van der Waals surface area (Å²) in [5, 5.41) is 0. The SMILES string of the molecule is COP(=O)([O-])[O-].[Mn+2]. The van der Waals surface area contributed by atoms with Gasteiger partial charge in [0.15, 0.2) is 0 Å². The van der Waals surface area contributed by atoms with E-state index < -0.39 is 7.82 Å². The minimum atomic E-state index is -4.65. The molecule has 0 aromatic rings. The fourth-order valence-corrected chi connectivity index (χ4v) is 0. The molecule has 1 radical (unpaired) electrons. The number of hydrogen-bond acceptors (Lipinski definition) is 4. The van der Waals surface area contributed by atoms with Crippen molar-refractivity contribution in [2.75, 3.05) is 7.11 Å². The van der Waals surface area contributed by atoms with Crippen molar-refractivity contribution < 1.29 is 35.9 Å². The van der Waals surface area contributed by atoms with E-state index in [1.807, 2.05) is 0 Å². The summed E-state index contributed by atoms with van der Waals surface area (Å²) in [7, 11) is -3.83. The summed E-state index contributed by atoms with van der Waals surface area (Å²) >= 11 is 0. The summed E-state index contributed by atoms with van der Waals surface area (Å²) in [5.74, 6) is 0. The molecule has 0 aliphatic heterocycles. The van der Waals surface area contributed by atoms with Gasteiger partial charge in [0, 0.05) is 7.11 Å². The standard InChI is InChI=1S/CH5O4P.Mn/c1-5-6(2,3)4;/h1H3,(H2,2,3,4);/q;+2/p-2. The van der Waals surface area contributed by atoms with Crippen molar-refractivity contribution in [2.45, 2.75) is 0 Å². The smallest absolute Gasteiger partial charge is 0.790 e. The fourth-order valence-electron chi connectivity index (χ4n) is 0. The second-order valence-corrected chi connectivity index (χ2v) is 1.89. The first-order chi connectivity index (χ1) is 2.56. The second kappa shape index (κ2) is 3.61. The van der Waals surface area contributed by atoms with Crippen LogP contribution < -0.4 is 9.79 Å². The first-order valence-electron chi connectivity index (χ1n) is 1.14. The predicted octanol–water partition coefficient (Wildman–Crippen LogP) is -1.54. The molecular weight excluding hydrogens is 162 g/mol. The maximum absolute atomic E-state index is 9.25. The molecular formula is CH3MnO4P. The minimum Gasteiger partial charge on any atom is -0.790 e. The van der Waals surface area contributed by atoms with Crippen LogP contribution in [0.5, 0.6) is 0 Å². The molecule has 7 heavy (non-hydrogen) atoms. The monoisotopic (exact) mass is 165 g/mol. The molecule has 0 unspecified atom stereocenters. The zero-order valence-corrected chi connectivity index (χ0v) is 5.53. The van der Waals surface area contributed by atoms with Crippen LogP contribution in [0.15, 0.2) is 0 Å². The first kappa shape index (κ1) is 10.6. The Balaban J connectivity index is 0. The molecule has 0 amide bonds. The number of phosphoric ester groups is 1. The summed E-state index contributed by atoms with van der Waals surface area (Å²) < 4.78 is 12.6. The molecule has 6 heteroatoms. The summed E-state index contributed by atoms with van der Waals surface area (Å²) in [6.07, 6.45) is 0. The van der Waals surface area contributed by atoms with Crippen LogP contribution in [0.3, 0.4) is 0 Å². The molecule has 0 saturated heterocycles. The van der Waals surface area contributed by atoms with Crippen LogP contribution >= 0.6 is 7.82 Å². The Morgan fingerprint density at radius 2 is 1.71 bits per heavy atom. The molecule has 0 spiro atoms. The van der Waals surface area contributed by atoms with Gasteiger partial charge in [-0.25, -0.2) is 0 Å². The molecule has 0 aliphatic carbocycles. The van der Waals surface area contributed by atoms with Gasteiger partial charge in [0.25, 0.3) is 0 Å². The van der Waals surface area contributed by atoms with Crippen LogP contribution in [0.2, 0.25) is 0 Å². The van der Waals surface area contributed by atoms with E-state index in [0.717, 1.165) is 7.11 Å². The molecule has 0 rings (SSSR count). The van der Waals surface area contributed by atoms with Crippen LogP contribution in [-0.2, 0) is 26.2 Å². The van der Waals surface area contributed by atoms with Gasteiger partial charge < -0.3 is 18.9 Å². The van der Waals surface area contributed by atoms with E-state index in [4.69, 9.17) is 0 Å². The molecule has 0 saturated carbocycles. The van der Waals surface area contributed by atoms with Crippen molar-refractivity contribution in [3.63, 3.8) is 0 Å². The van der Waals surface area contributed by atoms with E-state index in [9.17, 15) is 14.4 Å². The Morgan fingerprint density at radius 3 is 1.71 bits per heavy atom. The van der Waals surface area contributed by atoms with Crippen molar-refractivity contribution in [3.05, 3.63) is 0 Å². The largest absolute Gasteiger partial charge is 2.00 e. The van der Waals surface area contributed by atoms with Gasteiger partial charge in [0.1, 0.15) is 0 Å². The van der Waals surface area contributed by atoms with E-state index in [1.54, 1.807) is 0 Å². The fraction of sp³-hybridized carbons (Fsp3) is 1.00. The Kier molecular flexibility index (Phi) is 5.46. The molecule has 43 valence electrons. The van der Waals surface area contributed by atoms with Gasteiger partial charge in [-0.1, -0.05) is 0 Å². The summed E-state index contributed by atoms with van der Waals surface area (Å²) in [6.45, 7) is 0. The van der Waals surface area contributed by atoms with Crippen molar-refractivity contribution in [3.8, 4) is 0 Å². The van der Waals surface area contributed by atoms with Crippen LogP contribution in [0.25, 0.3) is 0 Å². The molecule has 0 atom stereocenters. The molecule has 0 fully saturated rings. The number of hydrogen-bond donors (Lipinski definition) is 0. The van der Waals surface area contributed by atoms with Crippen molar-refractivity contribution in [2.24, 2.45) is 0 Å². The Bertz CT molecular complexity index is 75.8. The van der Waals surface area contributed by atoms with Crippen molar-refractivity contribution >= 4 is 7.82 Å². The molecule has 0 bridgehead atoms. The van der Waals surface area contributed by atoms with Gasteiger partial charge in [-0.15, -0.1) is 0 Å². The number of rotatable bonds is 1. The first-order valence-corrected chi connectivity index (χ1v) is 2.60. The average molecular weight is 165 g/mol. The van der Waals surface area contributed by atoms with E-state index in [0.29, 0.717) is 0 Å². The third-order valence-electron chi connectivity index (χ3n) is 0.224. The summed E-state index contributed by atoms with van der Waals surface area (Å²) in [6, 6.07) is 0. The predicted molar refractivity (Wildman–Crippen MR) is 14.6 cm³/mol. The summed E-state index contributed by atoms with van der Waals surface area (Å²) in [4.78, 5) is 18.5. The topological polar surface area (TPSA) is 72.4 Å². The van der Waals surface area contributed by atoms with Gasteiger partial charge in [-0.3, -0.25) is 0 Å². The summed E-state index contributed by atoms with van der Waals surface area (Å²) in [5.41, 5.74) is 0. The van der Waals surface area contributed by atoms with E-state index in [1.165, 1.54) is 0 Å². The quantitative estimate of drug-likeness (QED) is 0.348. The molecule has 0 heterocycles.